The van der Waals surface area contributed by atoms with Gasteiger partial charge in [-0.2, -0.15) is 0 Å². The Bertz CT molecular complexity index is 1560. The summed E-state index contributed by atoms with van der Waals surface area (Å²) in [5, 5.41) is 2.16. The van der Waals surface area contributed by atoms with Crippen molar-refractivity contribution < 1.29 is 14.4 Å². The number of hydrogen-bond acceptors (Lipinski definition) is 6. The molecule has 0 spiro atoms. The van der Waals surface area contributed by atoms with Crippen molar-refractivity contribution in [2.24, 2.45) is 23.7 Å². The van der Waals surface area contributed by atoms with Crippen LogP contribution in [0.2, 0.25) is 0 Å². The van der Waals surface area contributed by atoms with E-state index in [1.54, 1.807) is 0 Å². The van der Waals surface area contributed by atoms with E-state index in [1.165, 1.54) is 28.0 Å². The summed E-state index contributed by atoms with van der Waals surface area (Å²) in [5.41, 5.74) is 2.12. The first kappa shape index (κ1) is 21.0. The van der Waals surface area contributed by atoms with Crippen LogP contribution < -0.4 is 4.90 Å². The van der Waals surface area contributed by atoms with Crippen LogP contribution in [0.4, 0.5) is 5.69 Å². The second-order valence-corrected chi connectivity index (χ2v) is 11.7. The van der Waals surface area contributed by atoms with Crippen LogP contribution in [0.5, 0.6) is 0 Å². The van der Waals surface area contributed by atoms with E-state index in [2.05, 4.69) is 17.1 Å². The second kappa shape index (κ2) is 7.86. The largest absolute Gasteiger partial charge is 0.293 e. The van der Waals surface area contributed by atoms with Crippen molar-refractivity contribution in [2.75, 3.05) is 10.7 Å². The first-order chi connectivity index (χ1) is 17.1. The summed E-state index contributed by atoms with van der Waals surface area (Å²) < 4.78 is 1.70. The average Bonchev–Trinajstić information content (AvgIpc) is 3.64. The third-order valence-corrected chi connectivity index (χ3v) is 9.64. The highest BCUT2D eigenvalue weighted by molar-refractivity contribution is 8.01. The van der Waals surface area contributed by atoms with Gasteiger partial charge in [0.25, 0.3) is 0 Å². The van der Waals surface area contributed by atoms with Gasteiger partial charge in [-0.25, -0.2) is 9.88 Å². The maximum Gasteiger partial charge on any atom is 0.238 e. The lowest BCUT2D eigenvalue weighted by atomic mass is 9.85. The number of fused-ring (bicyclic) bond motifs is 7. The fourth-order valence-corrected chi connectivity index (χ4v) is 7.82. The highest BCUT2D eigenvalue weighted by atomic mass is 32.2. The number of anilines is 1. The van der Waals surface area contributed by atoms with Gasteiger partial charge >= 0.3 is 0 Å². The van der Waals surface area contributed by atoms with Crippen LogP contribution in [0, 0.1) is 23.7 Å². The van der Waals surface area contributed by atoms with Crippen LogP contribution in [-0.4, -0.2) is 28.3 Å². The van der Waals surface area contributed by atoms with Gasteiger partial charge in [-0.1, -0.05) is 60.3 Å². The van der Waals surface area contributed by atoms with Gasteiger partial charge in [0.1, 0.15) is 0 Å². The zero-order valence-corrected chi connectivity index (χ0v) is 20.2. The summed E-state index contributed by atoms with van der Waals surface area (Å²) in [6.45, 7) is 0. The molecule has 2 aliphatic carbocycles. The summed E-state index contributed by atoms with van der Waals surface area (Å²) in [6, 6.07) is 19.3. The number of Topliss-reactive ketones (excluding diaryl/α,β-unsaturated/α-hetero) is 1. The molecule has 1 aliphatic heterocycles. The van der Waals surface area contributed by atoms with Crippen LogP contribution in [-0.2, 0) is 9.59 Å². The number of aromatic nitrogens is 1. The second-order valence-electron chi connectivity index (χ2n) is 9.42. The third kappa shape index (κ3) is 3.29. The van der Waals surface area contributed by atoms with Gasteiger partial charge in [-0.05, 0) is 53.3 Å². The number of carbonyl (C=O) groups is 3. The first-order valence-electron chi connectivity index (χ1n) is 11.7. The molecule has 1 aromatic heterocycles. The van der Waals surface area contributed by atoms with Crippen LogP contribution in [0.3, 0.4) is 0 Å². The van der Waals surface area contributed by atoms with Crippen molar-refractivity contribution in [3.63, 3.8) is 0 Å². The Morgan fingerprint density at radius 2 is 1.69 bits per heavy atom. The Hall–Kier alpha value is -3.29. The van der Waals surface area contributed by atoms with Crippen molar-refractivity contribution in [1.29, 1.82) is 0 Å². The van der Waals surface area contributed by atoms with E-state index in [9.17, 15) is 14.4 Å². The maximum absolute atomic E-state index is 13.1. The van der Waals surface area contributed by atoms with Gasteiger partial charge in [0, 0.05) is 5.56 Å². The number of amides is 2. The number of imide groups is 1. The highest BCUT2D eigenvalue weighted by Crippen LogP contribution is 2.53. The minimum Gasteiger partial charge on any atom is -0.293 e. The Balaban J connectivity index is 1.10. The van der Waals surface area contributed by atoms with Crippen molar-refractivity contribution in [3.05, 3.63) is 78.4 Å². The number of rotatable bonds is 5. The molecule has 5 nitrogen and oxygen atoms in total. The summed E-state index contributed by atoms with van der Waals surface area (Å²) in [5.74, 6) is 0.191. The van der Waals surface area contributed by atoms with Crippen molar-refractivity contribution in [1.82, 2.24) is 4.98 Å². The number of allylic oxidation sites excluding steroid dienone is 2. The van der Waals surface area contributed by atoms with Crippen LogP contribution in [0.15, 0.2) is 77.2 Å². The molecule has 35 heavy (non-hydrogen) atoms. The standard InChI is InChI=1S/C28H20N2O3S2/c31-22(17-6-5-15-3-1-2-4-16(15)11-17)14-34-28-29-21-10-9-20(13-23(21)35-28)30-26(32)24-18-7-8-19(12-18)25(24)27(30)33/h1-11,13,18-19,24-25H,12,14H2/t18-,19-,24-,25-/m0/s1. The highest BCUT2D eigenvalue weighted by Gasteiger charge is 2.59. The number of carbonyl (C=O) groups excluding carboxylic acids is 3. The molecule has 3 aliphatic rings. The molecule has 4 atom stereocenters. The molecule has 2 heterocycles. The molecule has 7 heteroatoms. The van der Waals surface area contributed by atoms with Crippen LogP contribution in [0.1, 0.15) is 16.8 Å². The molecule has 4 aromatic rings. The molecule has 3 aromatic carbocycles. The van der Waals surface area contributed by atoms with Crippen LogP contribution in [0.25, 0.3) is 21.0 Å². The SMILES string of the molecule is O=C(CSc1nc2ccc(N3C(=O)[C@@H]4[C@@H](C3=O)[C@H]3C=C[C@H]4C3)cc2s1)c1ccc2ccccc2c1. The van der Waals surface area contributed by atoms with E-state index in [-0.39, 0.29) is 41.3 Å². The molecule has 0 radical (unpaired) electrons. The lowest BCUT2D eigenvalue weighted by molar-refractivity contribution is -0.123. The fourth-order valence-electron chi connectivity index (χ4n) is 5.82. The fraction of sp³-hybridized carbons (Fsp3) is 0.214. The van der Waals surface area contributed by atoms with Gasteiger partial charge < -0.3 is 0 Å². The number of ketones is 1. The van der Waals surface area contributed by atoms with E-state index >= 15 is 0 Å². The smallest absolute Gasteiger partial charge is 0.238 e. The summed E-state index contributed by atoms with van der Waals surface area (Å²) >= 11 is 2.90. The maximum atomic E-state index is 13.1. The molecule has 2 fully saturated rings. The third-order valence-electron chi connectivity index (χ3n) is 7.48. The van der Waals surface area contributed by atoms with E-state index in [4.69, 9.17) is 0 Å². The van der Waals surface area contributed by atoms with E-state index in [0.717, 1.165) is 31.7 Å². The molecule has 0 unspecified atom stereocenters. The average molecular weight is 497 g/mol. The van der Waals surface area contributed by atoms with Gasteiger partial charge in [0.05, 0.1) is 33.5 Å². The topological polar surface area (TPSA) is 67.3 Å². The Labute approximate surface area is 209 Å². The molecule has 172 valence electrons. The van der Waals surface area contributed by atoms with E-state index < -0.39 is 0 Å². The summed E-state index contributed by atoms with van der Waals surface area (Å²) in [7, 11) is 0. The van der Waals surface area contributed by atoms with E-state index in [0.29, 0.717) is 17.0 Å². The number of thioether (sulfide) groups is 1. The predicted octanol–water partition coefficient (Wildman–Crippen LogP) is 5.74. The zero-order valence-electron chi connectivity index (χ0n) is 18.6. The monoisotopic (exact) mass is 496 g/mol. The van der Waals surface area contributed by atoms with Crippen molar-refractivity contribution in [3.8, 4) is 0 Å². The molecular formula is C28H20N2O3S2. The Morgan fingerprint density at radius 3 is 2.46 bits per heavy atom. The molecule has 2 amide bonds. The Kier molecular flexibility index (Phi) is 4.73. The minimum atomic E-state index is -0.207. The van der Waals surface area contributed by atoms with E-state index in [1.807, 2.05) is 60.7 Å². The normalized spacial score (nSPS) is 24.7. The number of nitrogens with zero attached hydrogens (tertiary/aromatic N) is 2. The molecule has 1 saturated carbocycles. The van der Waals surface area contributed by atoms with Crippen molar-refractivity contribution in [2.45, 2.75) is 10.8 Å². The number of hydrogen-bond donors (Lipinski definition) is 0. The van der Waals surface area contributed by atoms with Gasteiger partial charge in [-0.3, -0.25) is 14.4 Å². The van der Waals surface area contributed by atoms with Crippen molar-refractivity contribution >= 4 is 67.4 Å². The Morgan fingerprint density at radius 1 is 0.943 bits per heavy atom. The summed E-state index contributed by atoms with van der Waals surface area (Å²) in [6.07, 6.45) is 5.14. The lowest BCUT2D eigenvalue weighted by Gasteiger charge is -2.17. The molecule has 1 saturated heterocycles. The quantitative estimate of drug-likeness (QED) is 0.153. The van der Waals surface area contributed by atoms with Gasteiger partial charge in [0.15, 0.2) is 10.1 Å². The molecular weight excluding hydrogens is 476 g/mol. The number of thiazole rings is 1. The minimum absolute atomic E-state index is 0.0590. The summed E-state index contributed by atoms with van der Waals surface area (Å²) in [4.78, 5) is 45.1. The molecule has 0 N–H and O–H groups in total. The van der Waals surface area contributed by atoms with Gasteiger partial charge in [0.2, 0.25) is 11.8 Å². The first-order valence-corrected chi connectivity index (χ1v) is 13.5. The predicted molar refractivity (Wildman–Crippen MR) is 139 cm³/mol. The number of benzene rings is 3. The van der Waals surface area contributed by atoms with Gasteiger partial charge in [-0.15, -0.1) is 11.3 Å². The lowest BCUT2D eigenvalue weighted by Crippen LogP contribution is -2.32. The van der Waals surface area contributed by atoms with Crippen LogP contribution >= 0.6 is 23.1 Å². The molecule has 2 bridgehead atoms. The molecule has 7 rings (SSSR count). The zero-order chi connectivity index (χ0) is 23.7.